The molecule has 3 rings (SSSR count). The molecular formula is C17H14N2O4S2. The van der Waals surface area contributed by atoms with Gasteiger partial charge in [0.15, 0.2) is 0 Å². The van der Waals surface area contributed by atoms with Crippen LogP contribution in [-0.4, -0.2) is 19.4 Å². The summed E-state index contributed by atoms with van der Waals surface area (Å²) in [5, 5.41) is 1.67. The molecule has 0 saturated heterocycles. The SMILES string of the molecule is O=C(OCc1ccccn1)c1ccccc1NS(=O)(=O)c1cccs1. The minimum atomic E-state index is -3.74. The Hall–Kier alpha value is -2.71. The minimum Gasteiger partial charge on any atom is -0.456 e. The molecule has 0 aliphatic carbocycles. The van der Waals surface area contributed by atoms with Crippen molar-refractivity contribution in [1.29, 1.82) is 0 Å². The van der Waals surface area contributed by atoms with Gasteiger partial charge in [0, 0.05) is 6.20 Å². The van der Waals surface area contributed by atoms with Crippen LogP contribution in [0.1, 0.15) is 16.1 Å². The van der Waals surface area contributed by atoms with E-state index in [-0.39, 0.29) is 22.1 Å². The molecule has 0 unspecified atom stereocenters. The van der Waals surface area contributed by atoms with E-state index in [2.05, 4.69) is 9.71 Å². The molecule has 3 aromatic rings. The summed E-state index contributed by atoms with van der Waals surface area (Å²) in [6.45, 7) is 0.00564. The zero-order valence-electron chi connectivity index (χ0n) is 13.0. The number of carbonyl (C=O) groups is 1. The molecule has 0 radical (unpaired) electrons. The predicted octanol–water partition coefficient (Wildman–Crippen LogP) is 3.30. The molecular weight excluding hydrogens is 360 g/mol. The number of sulfonamides is 1. The summed E-state index contributed by atoms with van der Waals surface area (Å²) in [7, 11) is -3.74. The van der Waals surface area contributed by atoms with Gasteiger partial charge < -0.3 is 4.74 Å². The number of nitrogens with zero attached hydrogens (tertiary/aromatic N) is 1. The summed E-state index contributed by atoms with van der Waals surface area (Å²) in [5.74, 6) is -0.630. The van der Waals surface area contributed by atoms with Crippen molar-refractivity contribution in [3.8, 4) is 0 Å². The first-order chi connectivity index (χ1) is 12.1. The number of hydrogen-bond acceptors (Lipinski definition) is 6. The molecule has 25 heavy (non-hydrogen) atoms. The van der Waals surface area contributed by atoms with Crippen LogP contribution in [-0.2, 0) is 21.4 Å². The van der Waals surface area contributed by atoms with Crippen LogP contribution in [0.5, 0.6) is 0 Å². The second-order valence-electron chi connectivity index (χ2n) is 4.98. The van der Waals surface area contributed by atoms with Crippen LogP contribution in [0.15, 0.2) is 70.4 Å². The van der Waals surface area contributed by atoms with Gasteiger partial charge in [-0.2, -0.15) is 0 Å². The van der Waals surface area contributed by atoms with Gasteiger partial charge in [0.05, 0.1) is 16.9 Å². The summed E-state index contributed by atoms with van der Waals surface area (Å²) < 4.78 is 32.5. The molecule has 128 valence electrons. The van der Waals surface area contributed by atoms with E-state index in [9.17, 15) is 13.2 Å². The molecule has 6 nitrogen and oxygen atoms in total. The van der Waals surface area contributed by atoms with Gasteiger partial charge in [-0.15, -0.1) is 11.3 Å². The highest BCUT2D eigenvalue weighted by molar-refractivity contribution is 7.94. The van der Waals surface area contributed by atoms with E-state index in [1.165, 1.54) is 18.2 Å². The zero-order valence-corrected chi connectivity index (χ0v) is 14.6. The number of hydrogen-bond donors (Lipinski definition) is 1. The van der Waals surface area contributed by atoms with Gasteiger partial charge in [-0.25, -0.2) is 13.2 Å². The molecule has 0 spiro atoms. The molecule has 8 heteroatoms. The standard InChI is InChI=1S/C17H14N2O4S2/c20-17(23-12-13-6-3-4-10-18-13)14-7-1-2-8-15(14)19-25(21,22)16-9-5-11-24-16/h1-11,19H,12H2. The maximum absolute atomic E-state index is 12.4. The first kappa shape index (κ1) is 17.1. The molecule has 0 bridgehead atoms. The van der Waals surface area contributed by atoms with Crippen molar-refractivity contribution >= 4 is 33.0 Å². The fourth-order valence-electron chi connectivity index (χ4n) is 2.06. The van der Waals surface area contributed by atoms with Crippen molar-refractivity contribution < 1.29 is 17.9 Å². The van der Waals surface area contributed by atoms with E-state index in [4.69, 9.17) is 4.74 Å². The normalized spacial score (nSPS) is 11.0. The minimum absolute atomic E-state index is 0.00564. The number of carbonyl (C=O) groups excluding carboxylic acids is 1. The number of pyridine rings is 1. The molecule has 0 aliphatic heterocycles. The largest absolute Gasteiger partial charge is 0.456 e. The molecule has 0 aliphatic rings. The molecule has 0 atom stereocenters. The predicted molar refractivity (Wildman–Crippen MR) is 94.9 cm³/mol. The zero-order chi connectivity index (χ0) is 17.7. The number of aromatic nitrogens is 1. The van der Waals surface area contributed by atoms with Crippen molar-refractivity contribution in [3.63, 3.8) is 0 Å². The van der Waals surface area contributed by atoms with Gasteiger partial charge in [0.1, 0.15) is 10.8 Å². The molecule has 0 amide bonds. The van der Waals surface area contributed by atoms with Crippen LogP contribution in [0.2, 0.25) is 0 Å². The smallest absolute Gasteiger partial charge is 0.340 e. The van der Waals surface area contributed by atoms with Crippen LogP contribution in [0.4, 0.5) is 5.69 Å². The van der Waals surface area contributed by atoms with Crippen LogP contribution < -0.4 is 4.72 Å². The number of nitrogens with one attached hydrogen (secondary N) is 1. The maximum Gasteiger partial charge on any atom is 0.340 e. The molecule has 2 heterocycles. The number of esters is 1. The van der Waals surface area contributed by atoms with E-state index in [0.29, 0.717) is 5.69 Å². The lowest BCUT2D eigenvalue weighted by Gasteiger charge is -2.11. The third-order valence-electron chi connectivity index (χ3n) is 3.23. The van der Waals surface area contributed by atoms with Gasteiger partial charge >= 0.3 is 5.97 Å². The maximum atomic E-state index is 12.4. The van der Waals surface area contributed by atoms with Crippen molar-refractivity contribution in [1.82, 2.24) is 4.98 Å². The molecule has 0 saturated carbocycles. The molecule has 2 aromatic heterocycles. The number of anilines is 1. The third kappa shape index (κ3) is 4.23. The van der Waals surface area contributed by atoms with E-state index in [1.807, 2.05) is 0 Å². The van der Waals surface area contributed by atoms with Crippen molar-refractivity contribution in [3.05, 3.63) is 77.4 Å². The lowest BCUT2D eigenvalue weighted by atomic mass is 10.2. The van der Waals surface area contributed by atoms with Crippen LogP contribution in [0, 0.1) is 0 Å². The number of benzene rings is 1. The lowest BCUT2D eigenvalue weighted by molar-refractivity contribution is 0.0469. The van der Waals surface area contributed by atoms with Gasteiger partial charge in [0.25, 0.3) is 10.0 Å². The second kappa shape index (κ2) is 7.45. The number of thiophene rings is 1. The Morgan fingerprint density at radius 2 is 1.88 bits per heavy atom. The van der Waals surface area contributed by atoms with Crippen LogP contribution in [0.25, 0.3) is 0 Å². The first-order valence-electron chi connectivity index (χ1n) is 7.29. The van der Waals surface area contributed by atoms with Gasteiger partial charge in [-0.1, -0.05) is 24.3 Å². The Kier molecular flexibility index (Phi) is 5.11. The fraction of sp³-hybridized carbons (Fsp3) is 0.0588. The quantitative estimate of drug-likeness (QED) is 0.669. The van der Waals surface area contributed by atoms with E-state index >= 15 is 0 Å². The fourth-order valence-corrected chi connectivity index (χ4v) is 4.13. The number of para-hydroxylation sites is 1. The van der Waals surface area contributed by atoms with Crippen LogP contribution in [0.3, 0.4) is 0 Å². The topological polar surface area (TPSA) is 85.4 Å². The highest BCUT2D eigenvalue weighted by Crippen LogP contribution is 2.23. The Balaban J connectivity index is 1.78. The van der Waals surface area contributed by atoms with Crippen molar-refractivity contribution in [2.24, 2.45) is 0 Å². The van der Waals surface area contributed by atoms with E-state index in [0.717, 1.165) is 11.3 Å². The van der Waals surface area contributed by atoms with Gasteiger partial charge in [-0.05, 0) is 35.7 Å². The van der Waals surface area contributed by atoms with Crippen molar-refractivity contribution in [2.45, 2.75) is 10.8 Å². The summed E-state index contributed by atoms with van der Waals surface area (Å²) in [5.41, 5.74) is 0.910. The van der Waals surface area contributed by atoms with Gasteiger partial charge in [0.2, 0.25) is 0 Å². The Morgan fingerprint density at radius 3 is 2.60 bits per heavy atom. The monoisotopic (exact) mass is 374 g/mol. The highest BCUT2D eigenvalue weighted by Gasteiger charge is 2.20. The average molecular weight is 374 g/mol. The molecule has 0 fully saturated rings. The number of ether oxygens (including phenoxy) is 1. The number of rotatable bonds is 6. The van der Waals surface area contributed by atoms with E-state index in [1.54, 1.807) is 48.0 Å². The Bertz CT molecular complexity index is 955. The highest BCUT2D eigenvalue weighted by atomic mass is 32.2. The summed E-state index contributed by atoms with van der Waals surface area (Å²) >= 11 is 1.10. The molecule has 1 aromatic carbocycles. The summed E-state index contributed by atoms with van der Waals surface area (Å²) in [6.07, 6.45) is 1.60. The lowest BCUT2D eigenvalue weighted by Crippen LogP contribution is -2.15. The first-order valence-corrected chi connectivity index (χ1v) is 9.65. The third-order valence-corrected chi connectivity index (χ3v) is 5.99. The molecule has 1 N–H and O–H groups in total. The summed E-state index contributed by atoms with van der Waals surface area (Å²) in [6, 6.07) is 14.7. The average Bonchev–Trinajstić information content (AvgIpc) is 3.16. The Morgan fingerprint density at radius 1 is 1.08 bits per heavy atom. The van der Waals surface area contributed by atoms with Crippen molar-refractivity contribution in [2.75, 3.05) is 4.72 Å². The van der Waals surface area contributed by atoms with E-state index < -0.39 is 16.0 Å². The summed E-state index contributed by atoms with van der Waals surface area (Å²) in [4.78, 5) is 16.4. The Labute approximate surface area is 149 Å². The second-order valence-corrected chi connectivity index (χ2v) is 7.84. The van der Waals surface area contributed by atoms with Gasteiger partial charge in [-0.3, -0.25) is 9.71 Å². The van der Waals surface area contributed by atoms with Crippen LogP contribution >= 0.6 is 11.3 Å².